The minimum Gasteiger partial charge on any atom is -0.497 e. The van der Waals surface area contributed by atoms with Crippen LogP contribution < -0.4 is 15.4 Å². The smallest absolute Gasteiger partial charge is 0.247 e. The molecule has 25 heavy (non-hydrogen) atoms. The molecule has 1 aliphatic heterocycles. The fourth-order valence-electron chi connectivity index (χ4n) is 2.52. The van der Waals surface area contributed by atoms with Crippen LogP contribution in [0.4, 0.5) is 11.4 Å². The third-order valence-corrected chi connectivity index (χ3v) is 4.66. The number of benzene rings is 2. The number of amidine groups is 1. The van der Waals surface area contributed by atoms with E-state index in [4.69, 9.17) is 10.5 Å². The van der Waals surface area contributed by atoms with Crippen molar-refractivity contribution in [2.75, 3.05) is 12.0 Å². The lowest BCUT2D eigenvalue weighted by Crippen LogP contribution is -2.31. The van der Waals surface area contributed by atoms with E-state index >= 15 is 0 Å². The highest BCUT2D eigenvalue weighted by Crippen LogP contribution is 2.31. The highest BCUT2D eigenvalue weighted by atomic mass is 32.2. The van der Waals surface area contributed by atoms with Gasteiger partial charge in [-0.25, -0.2) is 9.89 Å². The summed E-state index contributed by atoms with van der Waals surface area (Å²) in [6.07, 6.45) is 0.0890. The van der Waals surface area contributed by atoms with Crippen LogP contribution in [0.3, 0.4) is 0 Å². The topological polar surface area (TPSA) is 85.0 Å². The number of hydrogen-bond donors (Lipinski definition) is 1. The first kappa shape index (κ1) is 17.0. The van der Waals surface area contributed by atoms with Crippen molar-refractivity contribution >= 4 is 40.1 Å². The maximum atomic E-state index is 12.6. The molecular formula is C18H17N3O3S. The molecule has 7 heteroatoms. The summed E-state index contributed by atoms with van der Waals surface area (Å²) in [5.41, 5.74) is 7.13. The van der Waals surface area contributed by atoms with Crippen molar-refractivity contribution in [3.05, 3.63) is 54.6 Å². The molecule has 0 aliphatic carbocycles. The number of nitrogens with two attached hydrogens (primary N) is 1. The van der Waals surface area contributed by atoms with Crippen LogP contribution in [0.5, 0.6) is 5.75 Å². The van der Waals surface area contributed by atoms with Crippen molar-refractivity contribution in [1.29, 1.82) is 0 Å². The van der Waals surface area contributed by atoms with E-state index in [9.17, 15) is 9.59 Å². The molecule has 0 saturated carbocycles. The predicted octanol–water partition coefficient (Wildman–Crippen LogP) is 2.71. The van der Waals surface area contributed by atoms with Gasteiger partial charge in [-0.3, -0.25) is 9.59 Å². The Labute approximate surface area is 149 Å². The fraction of sp³-hybridized carbons (Fsp3) is 0.167. The lowest BCUT2D eigenvalue weighted by molar-refractivity contribution is -0.121. The maximum Gasteiger partial charge on any atom is 0.247 e. The number of para-hydroxylation sites is 1. The highest BCUT2D eigenvalue weighted by Gasteiger charge is 2.40. The molecule has 1 fully saturated rings. The van der Waals surface area contributed by atoms with Gasteiger partial charge in [0.1, 0.15) is 11.0 Å². The molecule has 2 amide bonds. The number of anilines is 1. The average molecular weight is 355 g/mol. The number of thioether (sulfide) groups is 1. The molecule has 1 saturated heterocycles. The summed E-state index contributed by atoms with van der Waals surface area (Å²) in [5, 5.41) is -0.323. The average Bonchev–Trinajstić information content (AvgIpc) is 2.89. The van der Waals surface area contributed by atoms with Gasteiger partial charge in [0.2, 0.25) is 11.8 Å². The van der Waals surface area contributed by atoms with E-state index in [1.165, 1.54) is 12.0 Å². The van der Waals surface area contributed by atoms with Gasteiger partial charge in [0, 0.05) is 12.5 Å². The molecule has 0 radical (unpaired) electrons. The molecule has 1 atom stereocenters. The van der Waals surface area contributed by atoms with E-state index in [1.807, 2.05) is 30.3 Å². The molecule has 2 N–H and O–H groups in total. The van der Waals surface area contributed by atoms with Crippen molar-refractivity contribution < 1.29 is 14.3 Å². The Kier molecular flexibility index (Phi) is 5.04. The van der Waals surface area contributed by atoms with Gasteiger partial charge < -0.3 is 10.5 Å². The molecule has 6 nitrogen and oxygen atoms in total. The van der Waals surface area contributed by atoms with Gasteiger partial charge in [-0.2, -0.15) is 0 Å². The molecule has 2 aromatic rings. The lowest BCUT2D eigenvalue weighted by Gasteiger charge is -2.15. The molecule has 0 spiro atoms. The van der Waals surface area contributed by atoms with Crippen LogP contribution in [0.2, 0.25) is 0 Å². The molecule has 1 heterocycles. The first-order chi connectivity index (χ1) is 12.1. The summed E-state index contributed by atoms with van der Waals surface area (Å²) in [6.45, 7) is 0. The quantitative estimate of drug-likeness (QED) is 0.518. The Balaban J connectivity index is 1.76. The van der Waals surface area contributed by atoms with Crippen LogP contribution in [0.1, 0.15) is 6.42 Å². The second-order valence-corrected chi connectivity index (χ2v) is 6.59. The molecule has 128 valence electrons. The van der Waals surface area contributed by atoms with Crippen molar-refractivity contribution in [2.24, 2.45) is 10.7 Å². The summed E-state index contributed by atoms with van der Waals surface area (Å²) >= 11 is 1.11. The predicted molar refractivity (Wildman–Crippen MR) is 99.2 cm³/mol. The zero-order chi connectivity index (χ0) is 17.8. The Morgan fingerprint density at radius 2 is 1.96 bits per heavy atom. The van der Waals surface area contributed by atoms with Crippen LogP contribution in [0, 0.1) is 0 Å². The first-order valence-corrected chi connectivity index (χ1v) is 8.53. The number of imide groups is 1. The Morgan fingerprint density at radius 3 is 2.68 bits per heavy atom. The van der Waals surface area contributed by atoms with Crippen LogP contribution in [-0.2, 0) is 9.59 Å². The van der Waals surface area contributed by atoms with Gasteiger partial charge in [-0.1, -0.05) is 36.0 Å². The van der Waals surface area contributed by atoms with Gasteiger partial charge in [-0.15, -0.1) is 0 Å². The summed E-state index contributed by atoms with van der Waals surface area (Å²) < 4.78 is 5.15. The molecular weight excluding hydrogens is 338 g/mol. The zero-order valence-electron chi connectivity index (χ0n) is 13.6. The van der Waals surface area contributed by atoms with Gasteiger partial charge >= 0.3 is 0 Å². The Hall–Kier alpha value is -2.80. The Bertz CT molecular complexity index is 823. The third-order valence-electron chi connectivity index (χ3n) is 3.68. The monoisotopic (exact) mass is 355 g/mol. The second kappa shape index (κ2) is 7.40. The van der Waals surface area contributed by atoms with E-state index in [1.54, 1.807) is 24.3 Å². The zero-order valence-corrected chi connectivity index (χ0v) is 14.4. The summed E-state index contributed by atoms with van der Waals surface area (Å²) in [6, 6.07) is 16.1. The number of ether oxygens (including phenoxy) is 1. The van der Waals surface area contributed by atoms with Crippen molar-refractivity contribution in [2.45, 2.75) is 11.7 Å². The number of amides is 2. The Morgan fingerprint density at radius 1 is 1.20 bits per heavy atom. The normalized spacial score (nSPS) is 17.9. The maximum absolute atomic E-state index is 12.6. The van der Waals surface area contributed by atoms with Crippen molar-refractivity contribution in [3.63, 3.8) is 0 Å². The molecule has 2 aromatic carbocycles. The van der Waals surface area contributed by atoms with Gasteiger partial charge in [0.25, 0.3) is 0 Å². The van der Waals surface area contributed by atoms with Gasteiger partial charge in [-0.05, 0) is 24.3 Å². The van der Waals surface area contributed by atoms with Crippen LogP contribution in [-0.4, -0.2) is 29.3 Å². The molecule has 1 aliphatic rings. The van der Waals surface area contributed by atoms with E-state index in [-0.39, 0.29) is 23.4 Å². The summed E-state index contributed by atoms with van der Waals surface area (Å²) in [5.74, 6) is 0.0251. The molecule has 3 rings (SSSR count). The standard InChI is InChI=1S/C18H17N3O3S/c1-24-14-9-5-8-13(10-14)21-16(22)11-15(17(21)23)25-18(19)20-12-6-3-2-4-7-12/h2-10,15H,11H2,1H3,(H2,19,20)/t15-/m0/s1. The molecule has 0 aromatic heterocycles. The molecule has 0 unspecified atom stereocenters. The largest absolute Gasteiger partial charge is 0.497 e. The summed E-state index contributed by atoms with van der Waals surface area (Å²) in [7, 11) is 1.53. The second-order valence-electron chi connectivity index (χ2n) is 5.37. The van der Waals surface area contributed by atoms with E-state index < -0.39 is 5.25 Å². The van der Waals surface area contributed by atoms with Gasteiger partial charge in [0.15, 0.2) is 5.17 Å². The van der Waals surface area contributed by atoms with Crippen molar-refractivity contribution in [3.8, 4) is 5.75 Å². The van der Waals surface area contributed by atoms with Crippen molar-refractivity contribution in [1.82, 2.24) is 0 Å². The van der Waals surface area contributed by atoms with Crippen LogP contribution in [0.15, 0.2) is 59.6 Å². The minimum atomic E-state index is -0.578. The van der Waals surface area contributed by atoms with Crippen LogP contribution in [0.25, 0.3) is 0 Å². The first-order valence-electron chi connectivity index (χ1n) is 7.65. The number of methoxy groups -OCH3 is 1. The minimum absolute atomic E-state index is 0.0890. The number of rotatable bonds is 4. The fourth-order valence-corrected chi connectivity index (χ4v) is 3.40. The highest BCUT2D eigenvalue weighted by molar-refractivity contribution is 8.15. The van der Waals surface area contributed by atoms with E-state index in [2.05, 4.69) is 4.99 Å². The molecule has 0 bridgehead atoms. The SMILES string of the molecule is COc1cccc(N2C(=O)C[C@H](SC(N)=Nc3ccccc3)C2=O)c1. The van der Waals surface area contributed by atoms with E-state index in [0.29, 0.717) is 17.1 Å². The number of carbonyl (C=O) groups is 2. The van der Waals surface area contributed by atoms with Gasteiger partial charge in [0.05, 0.1) is 18.5 Å². The lowest BCUT2D eigenvalue weighted by atomic mass is 10.3. The number of hydrogen-bond acceptors (Lipinski definition) is 5. The third kappa shape index (κ3) is 3.83. The van der Waals surface area contributed by atoms with Crippen LogP contribution >= 0.6 is 11.8 Å². The number of nitrogens with zero attached hydrogens (tertiary/aromatic N) is 2. The number of aliphatic imine (C=N–C) groups is 1. The van der Waals surface area contributed by atoms with E-state index in [0.717, 1.165) is 11.8 Å². The number of carbonyl (C=O) groups excluding carboxylic acids is 2. The summed E-state index contributed by atoms with van der Waals surface area (Å²) in [4.78, 5) is 30.4.